The summed E-state index contributed by atoms with van der Waals surface area (Å²) in [6.07, 6.45) is 14.8. The molecule has 6 heteroatoms. The fourth-order valence-electron chi connectivity index (χ4n) is 3.79. The monoisotopic (exact) mass is 456 g/mol. The number of unbranched alkanes of at least 4 members (excludes halogenated alkanes) is 11. The van der Waals surface area contributed by atoms with Gasteiger partial charge >= 0.3 is 7.60 Å². The van der Waals surface area contributed by atoms with Crippen LogP contribution in [0.2, 0.25) is 0 Å². The van der Waals surface area contributed by atoms with E-state index in [1.807, 2.05) is 30.3 Å². The van der Waals surface area contributed by atoms with Crippen molar-refractivity contribution in [2.45, 2.75) is 109 Å². The molecular formula is C25H45O5P. The third-order valence-electron chi connectivity index (χ3n) is 5.77. The van der Waals surface area contributed by atoms with Crippen molar-refractivity contribution in [2.24, 2.45) is 0 Å². The second-order valence-corrected chi connectivity index (χ2v) is 10.7. The molecule has 0 aliphatic carbocycles. The summed E-state index contributed by atoms with van der Waals surface area (Å²) in [5.74, 6) is -0.990. The van der Waals surface area contributed by atoms with Crippen molar-refractivity contribution in [2.75, 3.05) is 14.2 Å². The van der Waals surface area contributed by atoms with E-state index in [0.717, 1.165) is 18.4 Å². The minimum Gasteiger partial charge on any atom is -0.390 e. The second-order valence-electron chi connectivity index (χ2n) is 8.34. The SMILES string of the molecule is CCCCCCCCCCCCCCC(O)C(OCc1ccccc1)P(=O)(OC)OC. The van der Waals surface area contributed by atoms with Crippen molar-refractivity contribution in [1.29, 1.82) is 0 Å². The Labute approximate surface area is 190 Å². The largest absolute Gasteiger partial charge is 0.390 e. The normalized spacial score (nSPS) is 13.9. The Hall–Kier alpha value is -0.710. The van der Waals surface area contributed by atoms with Crippen LogP contribution in [-0.2, 0) is 25.0 Å². The van der Waals surface area contributed by atoms with E-state index in [1.165, 1.54) is 78.4 Å². The molecule has 2 atom stereocenters. The van der Waals surface area contributed by atoms with Gasteiger partial charge in [-0.05, 0) is 12.0 Å². The molecule has 180 valence electrons. The molecule has 1 aromatic rings. The van der Waals surface area contributed by atoms with Crippen LogP contribution in [0.1, 0.15) is 96.0 Å². The molecule has 1 N–H and O–H groups in total. The molecule has 5 nitrogen and oxygen atoms in total. The lowest BCUT2D eigenvalue weighted by Crippen LogP contribution is -2.30. The van der Waals surface area contributed by atoms with Gasteiger partial charge in [-0.25, -0.2) is 0 Å². The van der Waals surface area contributed by atoms with Gasteiger partial charge in [0.15, 0.2) is 5.85 Å². The highest BCUT2D eigenvalue weighted by Crippen LogP contribution is 2.54. The quantitative estimate of drug-likeness (QED) is 0.163. The van der Waals surface area contributed by atoms with Gasteiger partial charge in [-0.15, -0.1) is 0 Å². The molecule has 0 bridgehead atoms. The van der Waals surface area contributed by atoms with Crippen molar-refractivity contribution in [3.63, 3.8) is 0 Å². The lowest BCUT2D eigenvalue weighted by atomic mass is 10.0. The third-order valence-corrected chi connectivity index (χ3v) is 7.90. The summed E-state index contributed by atoms with van der Waals surface area (Å²) in [5, 5.41) is 10.7. The fourth-order valence-corrected chi connectivity index (χ4v) is 5.18. The average molecular weight is 457 g/mol. The van der Waals surface area contributed by atoms with Gasteiger partial charge in [0.2, 0.25) is 0 Å². The first kappa shape index (κ1) is 28.3. The Morgan fingerprint density at radius 2 is 1.29 bits per heavy atom. The number of hydrogen-bond donors (Lipinski definition) is 1. The molecule has 0 amide bonds. The highest BCUT2D eigenvalue weighted by atomic mass is 31.2. The molecular weight excluding hydrogens is 411 g/mol. The van der Waals surface area contributed by atoms with Gasteiger partial charge in [-0.1, -0.05) is 114 Å². The van der Waals surface area contributed by atoms with Crippen molar-refractivity contribution < 1.29 is 23.5 Å². The molecule has 0 aliphatic heterocycles. The van der Waals surface area contributed by atoms with Gasteiger partial charge in [0.1, 0.15) is 0 Å². The summed E-state index contributed by atoms with van der Waals surface area (Å²) in [6.45, 7) is 2.50. The molecule has 0 saturated heterocycles. The predicted molar refractivity (Wildman–Crippen MR) is 128 cm³/mol. The fraction of sp³-hybridized carbons (Fsp3) is 0.760. The Balaban J connectivity index is 2.28. The Morgan fingerprint density at radius 3 is 1.77 bits per heavy atom. The summed E-state index contributed by atoms with van der Waals surface area (Å²) in [7, 11) is -0.875. The minimum absolute atomic E-state index is 0.248. The maximum Gasteiger partial charge on any atom is 0.361 e. The van der Waals surface area contributed by atoms with Crippen molar-refractivity contribution in [1.82, 2.24) is 0 Å². The first-order valence-electron chi connectivity index (χ1n) is 12.1. The maximum atomic E-state index is 12.9. The summed E-state index contributed by atoms with van der Waals surface area (Å²) in [6, 6.07) is 9.63. The molecule has 0 heterocycles. The van der Waals surface area contributed by atoms with E-state index >= 15 is 0 Å². The Morgan fingerprint density at radius 1 is 0.806 bits per heavy atom. The van der Waals surface area contributed by atoms with E-state index in [9.17, 15) is 9.67 Å². The first-order valence-corrected chi connectivity index (χ1v) is 13.7. The van der Waals surface area contributed by atoms with Crippen LogP contribution in [0.15, 0.2) is 30.3 Å². The molecule has 0 spiro atoms. The van der Waals surface area contributed by atoms with Gasteiger partial charge in [-0.3, -0.25) is 4.57 Å². The van der Waals surface area contributed by atoms with Crippen LogP contribution < -0.4 is 0 Å². The average Bonchev–Trinajstić information content (AvgIpc) is 2.80. The number of benzene rings is 1. The van der Waals surface area contributed by atoms with Gasteiger partial charge in [0, 0.05) is 14.2 Å². The lowest BCUT2D eigenvalue weighted by molar-refractivity contribution is -0.0201. The number of ether oxygens (including phenoxy) is 1. The molecule has 1 aromatic carbocycles. The summed E-state index contributed by atoms with van der Waals surface area (Å²) >= 11 is 0. The second kappa shape index (κ2) is 17.8. The van der Waals surface area contributed by atoms with Crippen LogP contribution in [0, 0.1) is 0 Å². The van der Waals surface area contributed by atoms with Crippen LogP contribution in [0.5, 0.6) is 0 Å². The molecule has 0 fully saturated rings. The minimum atomic E-state index is -3.54. The van der Waals surface area contributed by atoms with Gasteiger partial charge < -0.3 is 18.9 Å². The molecule has 31 heavy (non-hydrogen) atoms. The third kappa shape index (κ3) is 12.2. The summed E-state index contributed by atoms with van der Waals surface area (Å²) in [4.78, 5) is 0. The van der Waals surface area contributed by atoms with Crippen LogP contribution in [0.25, 0.3) is 0 Å². The Kier molecular flexibility index (Phi) is 16.3. The summed E-state index contributed by atoms with van der Waals surface area (Å²) < 4.78 is 29.0. The van der Waals surface area contributed by atoms with E-state index in [0.29, 0.717) is 6.42 Å². The van der Waals surface area contributed by atoms with Crippen molar-refractivity contribution in [3.05, 3.63) is 35.9 Å². The van der Waals surface area contributed by atoms with Crippen LogP contribution in [0.4, 0.5) is 0 Å². The predicted octanol–water partition coefficient (Wildman–Crippen LogP) is 7.47. The smallest absolute Gasteiger partial charge is 0.361 e. The molecule has 2 unspecified atom stereocenters. The zero-order valence-electron chi connectivity index (χ0n) is 20.0. The van der Waals surface area contributed by atoms with Gasteiger partial charge in [0.25, 0.3) is 0 Å². The number of aliphatic hydroxyl groups is 1. The van der Waals surface area contributed by atoms with Gasteiger partial charge in [0.05, 0.1) is 12.7 Å². The van der Waals surface area contributed by atoms with Crippen molar-refractivity contribution >= 4 is 7.60 Å². The topological polar surface area (TPSA) is 65.0 Å². The van der Waals surface area contributed by atoms with Crippen LogP contribution in [-0.4, -0.2) is 31.3 Å². The zero-order valence-corrected chi connectivity index (χ0v) is 20.9. The molecule has 1 rings (SSSR count). The van der Waals surface area contributed by atoms with E-state index in [-0.39, 0.29) is 6.61 Å². The molecule has 0 radical (unpaired) electrons. The van der Waals surface area contributed by atoms with E-state index in [4.69, 9.17) is 13.8 Å². The number of hydrogen-bond acceptors (Lipinski definition) is 5. The molecule has 0 aromatic heterocycles. The Bertz CT molecular complexity index is 573. The summed E-state index contributed by atoms with van der Waals surface area (Å²) in [5.41, 5.74) is 0.948. The molecule has 0 aliphatic rings. The number of aliphatic hydroxyl groups excluding tert-OH is 1. The van der Waals surface area contributed by atoms with Crippen molar-refractivity contribution in [3.8, 4) is 0 Å². The van der Waals surface area contributed by atoms with Crippen LogP contribution >= 0.6 is 7.60 Å². The molecule has 0 saturated carbocycles. The zero-order chi connectivity index (χ0) is 22.8. The number of rotatable bonds is 20. The maximum absolute atomic E-state index is 12.9. The van der Waals surface area contributed by atoms with Gasteiger partial charge in [-0.2, -0.15) is 0 Å². The first-order chi connectivity index (χ1) is 15.1. The standard InChI is InChI=1S/C25H45O5P/c1-4-5-6-7-8-9-10-11-12-13-14-18-21-24(26)25(31(27,28-2)29-3)30-22-23-19-16-15-17-20-23/h15-17,19-20,24-26H,4-14,18,21-22H2,1-3H3. The highest BCUT2D eigenvalue weighted by Gasteiger charge is 2.40. The highest BCUT2D eigenvalue weighted by molar-refractivity contribution is 7.54. The van der Waals surface area contributed by atoms with E-state index in [2.05, 4.69) is 6.92 Å². The van der Waals surface area contributed by atoms with E-state index in [1.54, 1.807) is 0 Å². The van der Waals surface area contributed by atoms with E-state index < -0.39 is 19.5 Å². The van der Waals surface area contributed by atoms with Crippen LogP contribution in [0.3, 0.4) is 0 Å². The lowest BCUT2D eigenvalue weighted by Gasteiger charge is -2.28.